The van der Waals surface area contributed by atoms with Gasteiger partial charge in [-0.15, -0.1) is 0 Å². The van der Waals surface area contributed by atoms with E-state index in [1.165, 1.54) is 18.2 Å². The fraction of sp³-hybridized carbons (Fsp3) is 0.367. The molecular formula is C30H33F6N3O5S. The standard InChI is InChI=1S/C30H33F6N3O5S/c1-28(2,38-17-26(41)21-8-9-25(40)24(13-21)39-45(3,43)44)15-19-6-4-18(5-7-19)12-27(42)37-16-20-10-22(29(31,32)33)14-23(11-20)30(34,35)36/h4-11,13-14,26,38-41H,12,15-17H2,1-3H3,(H,37,42)/t26-/m0/s1. The van der Waals surface area contributed by atoms with Crippen LogP contribution in [0.5, 0.6) is 5.75 Å². The molecule has 0 radical (unpaired) electrons. The molecule has 0 bridgehead atoms. The van der Waals surface area contributed by atoms with Gasteiger partial charge in [0.1, 0.15) is 5.75 Å². The molecular weight excluding hydrogens is 628 g/mol. The minimum Gasteiger partial charge on any atom is -0.506 e. The Balaban J connectivity index is 1.55. The number of anilines is 1. The number of hydrogen-bond donors (Lipinski definition) is 5. The van der Waals surface area contributed by atoms with Crippen LogP contribution in [0, 0.1) is 0 Å². The number of benzene rings is 3. The normalized spacial score (nSPS) is 13.4. The number of β-amino-alcohol motifs (C(OH)–C–C–N with tert-alkyl or cyclic N) is 1. The maximum absolute atomic E-state index is 13.1. The summed E-state index contributed by atoms with van der Waals surface area (Å²) in [5.74, 6) is -0.880. The van der Waals surface area contributed by atoms with E-state index >= 15 is 0 Å². The van der Waals surface area contributed by atoms with Crippen molar-refractivity contribution in [3.05, 3.63) is 94.0 Å². The van der Waals surface area contributed by atoms with Crippen LogP contribution < -0.4 is 15.4 Å². The van der Waals surface area contributed by atoms with E-state index in [4.69, 9.17) is 0 Å². The lowest BCUT2D eigenvalue weighted by atomic mass is 9.93. The van der Waals surface area contributed by atoms with Crippen LogP contribution in [0.25, 0.3) is 0 Å². The van der Waals surface area contributed by atoms with E-state index in [-0.39, 0.29) is 36.0 Å². The third-order valence-electron chi connectivity index (χ3n) is 6.65. The van der Waals surface area contributed by atoms with Gasteiger partial charge in [-0.25, -0.2) is 8.42 Å². The lowest BCUT2D eigenvalue weighted by molar-refractivity contribution is -0.143. The van der Waals surface area contributed by atoms with Crippen LogP contribution in [0.1, 0.15) is 53.3 Å². The van der Waals surface area contributed by atoms with Crippen molar-refractivity contribution in [3.8, 4) is 5.75 Å². The molecule has 0 aromatic heterocycles. The second-order valence-electron chi connectivity index (χ2n) is 11.3. The summed E-state index contributed by atoms with van der Waals surface area (Å²) in [6, 6.07) is 12.1. The maximum Gasteiger partial charge on any atom is 0.416 e. The molecule has 0 aliphatic carbocycles. The van der Waals surface area contributed by atoms with Crippen molar-refractivity contribution < 1.29 is 49.8 Å². The van der Waals surface area contributed by atoms with Gasteiger partial charge in [-0.05, 0) is 72.9 Å². The van der Waals surface area contributed by atoms with E-state index in [0.717, 1.165) is 11.8 Å². The minimum absolute atomic E-state index is 0.0262. The number of aliphatic hydroxyl groups is 1. The van der Waals surface area contributed by atoms with E-state index in [1.807, 2.05) is 13.8 Å². The molecule has 3 aromatic rings. The predicted octanol–water partition coefficient (Wildman–Crippen LogP) is 5.30. The van der Waals surface area contributed by atoms with E-state index < -0.39 is 57.6 Å². The van der Waals surface area contributed by atoms with Crippen LogP contribution >= 0.6 is 0 Å². The molecule has 1 atom stereocenters. The molecule has 8 nitrogen and oxygen atoms in total. The van der Waals surface area contributed by atoms with Gasteiger partial charge in [0.2, 0.25) is 15.9 Å². The summed E-state index contributed by atoms with van der Waals surface area (Å²) in [5.41, 5.74) is -2.02. The van der Waals surface area contributed by atoms with Crippen molar-refractivity contribution in [1.29, 1.82) is 0 Å². The number of alkyl halides is 6. The van der Waals surface area contributed by atoms with Crippen molar-refractivity contribution in [1.82, 2.24) is 10.6 Å². The first-order valence-electron chi connectivity index (χ1n) is 13.5. The molecule has 15 heteroatoms. The van der Waals surface area contributed by atoms with E-state index in [2.05, 4.69) is 15.4 Å². The van der Waals surface area contributed by atoms with Gasteiger partial charge in [0, 0.05) is 18.6 Å². The number of rotatable bonds is 12. The van der Waals surface area contributed by atoms with Crippen LogP contribution in [0.2, 0.25) is 0 Å². The largest absolute Gasteiger partial charge is 0.506 e. The molecule has 1 amide bonds. The Hall–Kier alpha value is -3.82. The first kappa shape index (κ1) is 35.7. The quantitative estimate of drug-likeness (QED) is 0.132. The van der Waals surface area contributed by atoms with Gasteiger partial charge >= 0.3 is 12.4 Å². The summed E-state index contributed by atoms with van der Waals surface area (Å²) in [5, 5.41) is 26.1. The fourth-order valence-electron chi connectivity index (χ4n) is 4.45. The third kappa shape index (κ3) is 11.2. The Labute approximate surface area is 256 Å². The molecule has 5 N–H and O–H groups in total. The lowest BCUT2D eigenvalue weighted by Crippen LogP contribution is -2.43. The summed E-state index contributed by atoms with van der Waals surface area (Å²) in [6.45, 7) is 3.37. The molecule has 3 rings (SSSR count). The highest BCUT2D eigenvalue weighted by Gasteiger charge is 2.37. The molecule has 0 spiro atoms. The zero-order valence-corrected chi connectivity index (χ0v) is 25.3. The first-order valence-corrected chi connectivity index (χ1v) is 15.4. The highest BCUT2D eigenvalue weighted by Crippen LogP contribution is 2.36. The molecule has 0 saturated heterocycles. The number of halogens is 6. The Morgan fingerprint density at radius 1 is 0.844 bits per heavy atom. The molecule has 0 aliphatic heterocycles. The molecule has 0 fully saturated rings. The lowest BCUT2D eigenvalue weighted by Gasteiger charge is -2.28. The van der Waals surface area contributed by atoms with Gasteiger partial charge in [0.05, 0.1) is 35.6 Å². The Bertz CT molecular complexity index is 1580. The predicted molar refractivity (Wildman–Crippen MR) is 156 cm³/mol. The number of phenols is 1. The molecule has 0 heterocycles. The number of sulfonamides is 1. The minimum atomic E-state index is -4.98. The SMILES string of the molecule is CC(C)(Cc1ccc(CC(=O)NCc2cc(C(F)(F)F)cc(C(F)(F)F)c2)cc1)NC[C@H](O)c1ccc(O)c(NS(C)(=O)=O)c1. The molecule has 3 aromatic carbocycles. The smallest absolute Gasteiger partial charge is 0.416 e. The van der Waals surface area contributed by atoms with Gasteiger partial charge in [-0.1, -0.05) is 30.3 Å². The highest BCUT2D eigenvalue weighted by molar-refractivity contribution is 7.92. The molecule has 246 valence electrons. The third-order valence-corrected chi connectivity index (χ3v) is 7.24. The average molecular weight is 662 g/mol. The number of amides is 1. The van der Waals surface area contributed by atoms with Gasteiger partial charge in [-0.3, -0.25) is 9.52 Å². The van der Waals surface area contributed by atoms with E-state index in [1.54, 1.807) is 24.3 Å². The van der Waals surface area contributed by atoms with Crippen LogP contribution in [-0.2, 0) is 46.6 Å². The monoisotopic (exact) mass is 661 g/mol. The van der Waals surface area contributed by atoms with Crippen molar-refractivity contribution in [2.75, 3.05) is 17.5 Å². The zero-order chi connectivity index (χ0) is 33.8. The molecule has 45 heavy (non-hydrogen) atoms. The number of aliphatic hydroxyl groups excluding tert-OH is 1. The van der Waals surface area contributed by atoms with E-state index in [0.29, 0.717) is 29.7 Å². The second-order valence-corrected chi connectivity index (χ2v) is 13.0. The second kappa shape index (κ2) is 13.7. The average Bonchev–Trinajstić information content (AvgIpc) is 2.91. The van der Waals surface area contributed by atoms with Crippen molar-refractivity contribution in [2.45, 2.75) is 57.2 Å². The highest BCUT2D eigenvalue weighted by atomic mass is 32.2. The Morgan fingerprint density at radius 3 is 1.93 bits per heavy atom. The van der Waals surface area contributed by atoms with Crippen molar-refractivity contribution >= 4 is 21.6 Å². The van der Waals surface area contributed by atoms with Gasteiger partial charge in [0.15, 0.2) is 0 Å². The molecule has 0 saturated carbocycles. The van der Waals surface area contributed by atoms with E-state index in [9.17, 15) is 49.8 Å². The summed E-state index contributed by atoms with van der Waals surface area (Å²) < 4.78 is 104. The maximum atomic E-state index is 13.1. The molecule has 0 unspecified atom stereocenters. The first-order chi connectivity index (χ1) is 20.6. The number of aromatic hydroxyl groups is 1. The summed E-state index contributed by atoms with van der Waals surface area (Å²) in [6.07, 6.45) is -9.71. The van der Waals surface area contributed by atoms with Gasteiger partial charge in [-0.2, -0.15) is 26.3 Å². The fourth-order valence-corrected chi connectivity index (χ4v) is 5.01. The van der Waals surface area contributed by atoms with Gasteiger partial charge < -0.3 is 20.8 Å². The summed E-state index contributed by atoms with van der Waals surface area (Å²) in [4.78, 5) is 12.4. The van der Waals surface area contributed by atoms with Crippen LogP contribution in [-0.4, -0.2) is 42.9 Å². The van der Waals surface area contributed by atoms with Crippen molar-refractivity contribution in [2.24, 2.45) is 0 Å². The Morgan fingerprint density at radius 2 is 1.40 bits per heavy atom. The van der Waals surface area contributed by atoms with Gasteiger partial charge in [0.25, 0.3) is 0 Å². The number of carbonyl (C=O) groups excluding carboxylic acids is 1. The number of nitrogens with one attached hydrogen (secondary N) is 3. The zero-order valence-electron chi connectivity index (χ0n) is 24.5. The number of phenolic OH excluding ortho intramolecular Hbond substituents is 1. The number of hydrogen-bond acceptors (Lipinski definition) is 6. The van der Waals surface area contributed by atoms with Crippen LogP contribution in [0.3, 0.4) is 0 Å². The topological polar surface area (TPSA) is 128 Å². The van der Waals surface area contributed by atoms with Crippen LogP contribution in [0.15, 0.2) is 60.7 Å². The Kier molecular flexibility index (Phi) is 10.8. The molecule has 0 aliphatic rings. The summed E-state index contributed by atoms with van der Waals surface area (Å²) in [7, 11) is -3.65. The van der Waals surface area contributed by atoms with Crippen molar-refractivity contribution in [3.63, 3.8) is 0 Å². The van der Waals surface area contributed by atoms with Crippen LogP contribution in [0.4, 0.5) is 32.0 Å². The summed E-state index contributed by atoms with van der Waals surface area (Å²) >= 11 is 0. The number of carbonyl (C=O) groups is 1.